The van der Waals surface area contributed by atoms with Gasteiger partial charge in [-0.2, -0.15) is 0 Å². The molecule has 286 valence electrons. The largest absolute Gasteiger partial charge is 0.477 e. The Bertz CT molecular complexity index is 1810. The lowest BCUT2D eigenvalue weighted by Crippen LogP contribution is -2.41. The van der Waals surface area contributed by atoms with E-state index in [1.165, 1.54) is 0 Å². The first-order valence-electron chi connectivity index (χ1n) is 17.6. The number of hydrogen-bond acceptors (Lipinski definition) is 10. The van der Waals surface area contributed by atoms with E-state index in [1.807, 2.05) is 84.9 Å². The van der Waals surface area contributed by atoms with Gasteiger partial charge in [0.1, 0.15) is 17.6 Å². The molecule has 0 aliphatic heterocycles. The fraction of sp³-hybridized carbons (Fsp3) is 0.341. The third-order valence-electron chi connectivity index (χ3n) is 7.48. The second-order valence-corrected chi connectivity index (χ2v) is 13.1. The molecule has 54 heavy (non-hydrogen) atoms. The highest BCUT2D eigenvalue weighted by Crippen LogP contribution is 2.20. The van der Waals surface area contributed by atoms with Crippen molar-refractivity contribution in [2.45, 2.75) is 78.0 Å². The van der Waals surface area contributed by atoms with Crippen molar-refractivity contribution in [3.8, 4) is 11.1 Å². The maximum absolute atomic E-state index is 12.7. The molecule has 3 aromatic carbocycles. The number of hydrogen-bond donors (Lipinski definition) is 3. The average molecular weight is 741 g/mol. The summed E-state index contributed by atoms with van der Waals surface area (Å²) >= 11 is 0. The van der Waals surface area contributed by atoms with Gasteiger partial charge in [0.15, 0.2) is 5.69 Å². The third kappa shape index (κ3) is 15.6. The molecule has 0 bridgehead atoms. The smallest absolute Gasteiger partial charge is 0.407 e. The van der Waals surface area contributed by atoms with Gasteiger partial charge < -0.3 is 30.0 Å². The Labute approximate surface area is 315 Å². The monoisotopic (exact) mass is 740 g/mol. The molecule has 0 unspecified atom stereocenters. The van der Waals surface area contributed by atoms with Gasteiger partial charge in [-0.3, -0.25) is 14.4 Å². The van der Waals surface area contributed by atoms with Crippen molar-refractivity contribution >= 4 is 29.9 Å². The Hall–Kier alpha value is -6.11. The minimum Gasteiger partial charge on any atom is -0.477 e. The van der Waals surface area contributed by atoms with E-state index in [0.717, 1.165) is 34.6 Å². The molecule has 2 amide bonds. The van der Waals surface area contributed by atoms with Crippen LogP contribution in [-0.2, 0) is 36.6 Å². The lowest BCUT2D eigenvalue weighted by molar-refractivity contribution is -0.144. The number of carboxylic acid groups (broad SMARTS) is 1. The highest BCUT2D eigenvalue weighted by molar-refractivity contribution is 5.95. The van der Waals surface area contributed by atoms with Gasteiger partial charge in [-0.25, -0.2) is 19.6 Å². The zero-order chi connectivity index (χ0) is 39.5. The molecule has 3 N–H and O–H groups in total. The van der Waals surface area contributed by atoms with E-state index in [-0.39, 0.29) is 42.8 Å². The molecule has 0 aliphatic carbocycles. The Kier molecular flexibility index (Phi) is 16.8. The molecule has 0 saturated carbocycles. The van der Waals surface area contributed by atoms with Gasteiger partial charge in [-0.1, -0.05) is 84.9 Å². The van der Waals surface area contributed by atoms with Crippen molar-refractivity contribution in [3.05, 3.63) is 120 Å². The lowest BCUT2D eigenvalue weighted by atomic mass is 9.99. The molecule has 0 aliphatic rings. The SMILES string of the molecule is CCOC(=O)C[C@@H](Cc1ccc(-c2ccccc2)cc1)NC(=O)c1cc(C(=O)O)ncn1.CCOC(=O)C[C@@H](Cc1ccccc1)NC(=O)OC(C)(C)C. The summed E-state index contributed by atoms with van der Waals surface area (Å²) in [6.07, 6.45) is 1.49. The third-order valence-corrected chi connectivity index (χ3v) is 7.48. The van der Waals surface area contributed by atoms with Crippen LogP contribution in [-0.4, -0.2) is 75.9 Å². The zero-order valence-electron chi connectivity index (χ0n) is 31.2. The molecule has 4 rings (SSSR count). The van der Waals surface area contributed by atoms with Crippen molar-refractivity contribution in [1.82, 2.24) is 20.6 Å². The summed E-state index contributed by atoms with van der Waals surface area (Å²) < 4.78 is 15.2. The zero-order valence-corrected chi connectivity index (χ0v) is 31.2. The number of carboxylic acids is 1. The normalized spacial score (nSPS) is 11.8. The molecule has 0 saturated heterocycles. The molecule has 2 atom stereocenters. The van der Waals surface area contributed by atoms with Crippen molar-refractivity contribution < 1.29 is 43.3 Å². The molecule has 1 aromatic heterocycles. The van der Waals surface area contributed by atoms with Crippen LogP contribution in [0.2, 0.25) is 0 Å². The average Bonchev–Trinajstić information content (AvgIpc) is 3.12. The number of aromatic nitrogens is 2. The summed E-state index contributed by atoms with van der Waals surface area (Å²) in [5.41, 5.74) is 3.15. The summed E-state index contributed by atoms with van der Waals surface area (Å²) in [4.78, 5) is 66.9. The quantitative estimate of drug-likeness (QED) is 0.0930. The summed E-state index contributed by atoms with van der Waals surface area (Å²) in [6.45, 7) is 9.41. The van der Waals surface area contributed by atoms with Crippen LogP contribution in [0.4, 0.5) is 4.79 Å². The fourth-order valence-electron chi connectivity index (χ4n) is 5.17. The van der Waals surface area contributed by atoms with E-state index in [0.29, 0.717) is 19.4 Å². The first-order valence-corrected chi connectivity index (χ1v) is 17.6. The number of nitrogens with zero attached hydrogens (tertiary/aromatic N) is 2. The Balaban J connectivity index is 0.000000313. The van der Waals surface area contributed by atoms with Gasteiger partial charge in [0.05, 0.1) is 26.1 Å². The maximum atomic E-state index is 12.7. The number of benzene rings is 3. The Morgan fingerprint density at radius 2 is 1.15 bits per heavy atom. The number of aromatic carboxylic acids is 1. The van der Waals surface area contributed by atoms with Crippen LogP contribution >= 0.6 is 0 Å². The van der Waals surface area contributed by atoms with Crippen molar-refractivity contribution in [1.29, 1.82) is 0 Å². The molecular weight excluding hydrogens is 692 g/mol. The van der Waals surface area contributed by atoms with E-state index in [1.54, 1.807) is 34.6 Å². The summed E-state index contributed by atoms with van der Waals surface area (Å²) in [5, 5.41) is 14.6. The molecule has 1 heterocycles. The number of nitrogens with one attached hydrogen (secondary N) is 2. The minimum absolute atomic E-state index is 0.0309. The van der Waals surface area contributed by atoms with Crippen LogP contribution in [0.1, 0.15) is 79.6 Å². The van der Waals surface area contributed by atoms with Crippen LogP contribution in [0.3, 0.4) is 0 Å². The van der Waals surface area contributed by atoms with E-state index in [2.05, 4.69) is 20.6 Å². The van der Waals surface area contributed by atoms with Gasteiger partial charge in [0, 0.05) is 18.2 Å². The topological polar surface area (TPSA) is 183 Å². The predicted molar refractivity (Wildman–Crippen MR) is 202 cm³/mol. The molecule has 13 heteroatoms. The number of carbonyl (C=O) groups is 5. The van der Waals surface area contributed by atoms with Crippen LogP contribution in [0, 0.1) is 0 Å². The van der Waals surface area contributed by atoms with Gasteiger partial charge in [-0.05, 0) is 69.7 Å². The van der Waals surface area contributed by atoms with E-state index in [4.69, 9.17) is 19.3 Å². The van der Waals surface area contributed by atoms with Gasteiger partial charge in [-0.15, -0.1) is 0 Å². The highest BCUT2D eigenvalue weighted by Gasteiger charge is 2.23. The summed E-state index contributed by atoms with van der Waals surface area (Å²) in [5.74, 6) is -2.62. The second-order valence-electron chi connectivity index (χ2n) is 13.1. The second kappa shape index (κ2) is 21.4. The molecule has 0 spiro atoms. The van der Waals surface area contributed by atoms with Crippen molar-refractivity contribution in [2.75, 3.05) is 13.2 Å². The number of ether oxygens (including phenoxy) is 3. The van der Waals surface area contributed by atoms with E-state index in [9.17, 15) is 24.0 Å². The highest BCUT2D eigenvalue weighted by atomic mass is 16.6. The number of alkyl carbamates (subject to hydrolysis) is 1. The van der Waals surface area contributed by atoms with Crippen LogP contribution in [0.15, 0.2) is 97.3 Å². The van der Waals surface area contributed by atoms with Gasteiger partial charge in [0.25, 0.3) is 5.91 Å². The number of amides is 2. The first kappa shape index (κ1) is 42.3. The maximum Gasteiger partial charge on any atom is 0.407 e. The molecule has 0 radical (unpaired) electrons. The van der Waals surface area contributed by atoms with Gasteiger partial charge >= 0.3 is 24.0 Å². The Morgan fingerprint density at radius 1 is 0.667 bits per heavy atom. The van der Waals surface area contributed by atoms with E-state index < -0.39 is 35.6 Å². The Morgan fingerprint density at radius 3 is 1.67 bits per heavy atom. The van der Waals surface area contributed by atoms with Crippen molar-refractivity contribution in [2.24, 2.45) is 0 Å². The molecule has 4 aromatic rings. The molecule has 13 nitrogen and oxygen atoms in total. The molecule has 0 fully saturated rings. The number of rotatable bonds is 15. The minimum atomic E-state index is -1.26. The molecular formula is C41H48N4O9. The number of carbonyl (C=O) groups excluding carboxylic acids is 4. The van der Waals surface area contributed by atoms with Gasteiger partial charge in [0.2, 0.25) is 0 Å². The van der Waals surface area contributed by atoms with Crippen LogP contribution in [0.5, 0.6) is 0 Å². The van der Waals surface area contributed by atoms with Crippen LogP contribution < -0.4 is 10.6 Å². The number of esters is 2. The van der Waals surface area contributed by atoms with Crippen molar-refractivity contribution in [3.63, 3.8) is 0 Å². The predicted octanol–water partition coefficient (Wildman–Crippen LogP) is 6.21. The lowest BCUT2D eigenvalue weighted by Gasteiger charge is -2.23. The summed E-state index contributed by atoms with van der Waals surface area (Å²) in [6, 6.07) is 27.6. The standard InChI is InChI=1S/C24H23N3O5.C17H25NO4/c1-2-32-22(28)13-19(27-23(29)20-14-21(24(30)31)26-15-25-20)12-16-8-10-18(11-9-16)17-6-4-3-5-7-17;1-5-21-15(19)12-14(11-13-9-7-6-8-10-13)18-16(20)22-17(2,3)4/h3-11,14-15,19H,2,12-13H2,1H3,(H,27,29)(H,30,31);6-10,14H,5,11-12H2,1-4H3,(H,18,20)/t19-;14-/m11/s1. The first-order chi connectivity index (χ1) is 25.8. The fourth-order valence-corrected chi connectivity index (χ4v) is 5.17. The summed E-state index contributed by atoms with van der Waals surface area (Å²) in [7, 11) is 0. The van der Waals surface area contributed by atoms with E-state index >= 15 is 0 Å². The van der Waals surface area contributed by atoms with Crippen LogP contribution in [0.25, 0.3) is 11.1 Å².